The Balaban J connectivity index is 0.977. The molecule has 0 aromatic heterocycles. The number of phenolic OH excluding ortho intramolecular Hbond substituents is 4. The summed E-state index contributed by atoms with van der Waals surface area (Å²) in [5.74, 6) is -4.52. The monoisotopic (exact) mass is 940 g/mol. The van der Waals surface area contributed by atoms with Gasteiger partial charge in [-0.05, 0) is 58.4 Å². The van der Waals surface area contributed by atoms with Gasteiger partial charge < -0.3 is 40.4 Å². The smallest absolute Gasteiger partial charge is 0.124 e. The fraction of sp³-hybridized carbons (Fsp3) is 0.0625. The lowest BCUT2D eigenvalue weighted by Gasteiger charge is -2.61. The van der Waals surface area contributed by atoms with Gasteiger partial charge in [0.15, 0.2) is 0 Å². The van der Waals surface area contributed by atoms with Crippen molar-refractivity contribution < 1.29 is 30.6 Å². The number of rotatable bonds is 12. The molecule has 0 bridgehead atoms. The van der Waals surface area contributed by atoms with Crippen LogP contribution in [0.3, 0.4) is 0 Å². The summed E-state index contributed by atoms with van der Waals surface area (Å²) in [7, 11) is 0. The molecule has 1 aliphatic rings. The minimum absolute atomic E-state index is 0.181. The van der Waals surface area contributed by atoms with E-state index in [1.807, 2.05) is 228 Å². The predicted molar refractivity (Wildman–Crippen MR) is 284 cm³/mol. The van der Waals surface area contributed by atoms with Crippen LogP contribution < -0.4 is 20.0 Å². The number of anilines is 6. The van der Waals surface area contributed by atoms with Crippen molar-refractivity contribution in [2.45, 2.75) is 24.0 Å². The zero-order valence-corrected chi connectivity index (χ0v) is 38.9. The Morgan fingerprint density at radius 3 is 0.722 bits per heavy atom. The van der Waals surface area contributed by atoms with Crippen LogP contribution in [0.1, 0.15) is 23.0 Å². The second-order valence-electron chi connectivity index (χ2n) is 18.0. The predicted octanol–water partition coefficient (Wildman–Crippen LogP) is 13.5. The Morgan fingerprint density at radius 2 is 0.486 bits per heavy atom. The normalized spacial score (nSPS) is 16.1. The third kappa shape index (κ3) is 8.24. The van der Waals surface area contributed by atoms with E-state index in [0.717, 1.165) is 67.3 Å². The molecule has 1 fully saturated rings. The number of para-hydroxylation sites is 4. The topological polar surface area (TPSA) is 134 Å². The fourth-order valence-corrected chi connectivity index (χ4v) is 10.4. The van der Waals surface area contributed by atoms with E-state index in [2.05, 4.69) is 0 Å². The molecule has 0 aliphatic heterocycles. The van der Waals surface area contributed by atoms with Gasteiger partial charge in [-0.25, -0.2) is 0 Å². The zero-order valence-electron chi connectivity index (χ0n) is 38.9. The lowest BCUT2D eigenvalue weighted by atomic mass is 9.62. The minimum Gasteiger partial charge on any atom is -0.851 e. The standard InChI is InChI=1S/C64H48N2O6/c67-55-37-45(65(51-33-17-13-29-47(51)41-21-5-1-6-22-41)52-34-18-14-30-48(52)42-23-7-2-8-24-42)38-56(68)59(55)61-63(71)62(64(61)72)60-57(69)39-46(40-58(60)70)66(53-35-19-15-31-49(53)43-25-9-3-10-26-43)54-36-20-16-32-50(54)44-27-11-4-12-28-44/h1-40,61-64,67-70H/q-2. The van der Waals surface area contributed by atoms with Crippen molar-refractivity contribution in [2.24, 2.45) is 0 Å². The van der Waals surface area contributed by atoms with Crippen LogP contribution in [0.5, 0.6) is 23.0 Å². The number of benzene rings is 10. The summed E-state index contributed by atoms with van der Waals surface area (Å²) in [6.45, 7) is 0. The number of nitrogens with zero attached hydrogens (tertiary/aromatic N) is 2. The highest BCUT2D eigenvalue weighted by Gasteiger charge is 2.44. The summed E-state index contributed by atoms with van der Waals surface area (Å²) in [5.41, 5.74) is 10.8. The fourth-order valence-electron chi connectivity index (χ4n) is 10.4. The molecule has 352 valence electrons. The van der Waals surface area contributed by atoms with E-state index in [4.69, 9.17) is 0 Å². The van der Waals surface area contributed by atoms with Gasteiger partial charge in [0.1, 0.15) is 23.0 Å². The maximum atomic E-state index is 14.5. The number of hydrogen-bond donors (Lipinski definition) is 4. The first-order chi connectivity index (χ1) is 35.3. The highest BCUT2D eigenvalue weighted by atomic mass is 16.3. The molecular weight excluding hydrogens is 893 g/mol. The van der Waals surface area contributed by atoms with Crippen molar-refractivity contribution in [3.05, 3.63) is 254 Å². The van der Waals surface area contributed by atoms with Gasteiger partial charge in [0.25, 0.3) is 0 Å². The summed E-state index contributed by atoms with van der Waals surface area (Å²) >= 11 is 0. The molecule has 0 spiro atoms. The van der Waals surface area contributed by atoms with Gasteiger partial charge in [0, 0.05) is 57.6 Å². The van der Waals surface area contributed by atoms with Crippen LogP contribution in [0, 0.1) is 0 Å². The Morgan fingerprint density at radius 1 is 0.278 bits per heavy atom. The first-order valence-electron chi connectivity index (χ1n) is 23.9. The molecule has 0 amide bonds. The third-order valence-corrected chi connectivity index (χ3v) is 13.8. The molecule has 0 unspecified atom stereocenters. The van der Waals surface area contributed by atoms with E-state index in [1.165, 1.54) is 24.3 Å². The van der Waals surface area contributed by atoms with Gasteiger partial charge in [-0.1, -0.05) is 194 Å². The Kier molecular flexibility index (Phi) is 12.2. The molecule has 72 heavy (non-hydrogen) atoms. The van der Waals surface area contributed by atoms with Gasteiger partial charge in [0.2, 0.25) is 0 Å². The number of aromatic hydroxyl groups is 4. The Labute approximate surface area is 418 Å². The second-order valence-corrected chi connectivity index (χ2v) is 18.0. The molecule has 10 aromatic carbocycles. The largest absolute Gasteiger partial charge is 0.851 e. The van der Waals surface area contributed by atoms with Crippen molar-refractivity contribution >= 4 is 34.1 Å². The van der Waals surface area contributed by atoms with E-state index in [1.54, 1.807) is 0 Å². The van der Waals surface area contributed by atoms with E-state index in [9.17, 15) is 30.6 Å². The highest BCUT2D eigenvalue weighted by molar-refractivity contribution is 5.96. The van der Waals surface area contributed by atoms with Crippen LogP contribution in [-0.4, -0.2) is 32.6 Å². The molecule has 0 heterocycles. The van der Waals surface area contributed by atoms with Crippen molar-refractivity contribution in [1.82, 2.24) is 0 Å². The van der Waals surface area contributed by atoms with Gasteiger partial charge in [-0.3, -0.25) is 0 Å². The average molecular weight is 941 g/mol. The van der Waals surface area contributed by atoms with Gasteiger partial charge >= 0.3 is 0 Å². The van der Waals surface area contributed by atoms with Crippen LogP contribution >= 0.6 is 0 Å². The molecule has 8 heteroatoms. The summed E-state index contributed by atoms with van der Waals surface area (Å²) in [4.78, 5) is 3.91. The van der Waals surface area contributed by atoms with Gasteiger partial charge in [-0.15, -0.1) is 12.2 Å². The lowest BCUT2D eigenvalue weighted by Crippen LogP contribution is -2.63. The molecule has 1 aliphatic carbocycles. The zero-order chi connectivity index (χ0) is 49.3. The maximum Gasteiger partial charge on any atom is 0.124 e. The van der Waals surface area contributed by atoms with E-state index < -0.39 is 47.0 Å². The highest BCUT2D eigenvalue weighted by Crippen LogP contribution is 2.57. The summed E-state index contributed by atoms with van der Waals surface area (Å²) in [6.07, 6.45) is -3.50. The van der Waals surface area contributed by atoms with Crippen molar-refractivity contribution in [3.63, 3.8) is 0 Å². The van der Waals surface area contributed by atoms with Crippen LogP contribution in [0.15, 0.2) is 243 Å². The summed E-state index contributed by atoms with van der Waals surface area (Å²) in [6, 6.07) is 77.0. The van der Waals surface area contributed by atoms with Crippen molar-refractivity contribution in [1.29, 1.82) is 0 Å². The van der Waals surface area contributed by atoms with E-state index >= 15 is 0 Å². The van der Waals surface area contributed by atoms with Crippen LogP contribution in [0.25, 0.3) is 44.5 Å². The molecule has 4 N–H and O–H groups in total. The maximum absolute atomic E-state index is 14.5. The Hall–Kier alpha value is -9.08. The first-order valence-corrected chi connectivity index (χ1v) is 23.9. The number of hydrogen-bond acceptors (Lipinski definition) is 8. The molecule has 0 saturated heterocycles. The quantitative estimate of drug-likeness (QED) is 0.0952. The van der Waals surface area contributed by atoms with Gasteiger partial charge in [0.05, 0.1) is 34.1 Å². The molecule has 8 nitrogen and oxygen atoms in total. The molecule has 11 rings (SSSR count). The molecule has 10 aromatic rings. The van der Waals surface area contributed by atoms with Crippen LogP contribution in [-0.2, 0) is 0 Å². The molecule has 1 saturated carbocycles. The first kappa shape index (κ1) is 45.4. The SMILES string of the molecule is [O-]C1C(c2c(O)cc(N(c3ccccc3-c3ccccc3)c3ccccc3-c3ccccc3)cc2O)C([O-])C1c1c(O)cc(N(c2ccccc2-c2ccccc2)c2ccccc2-c2ccccc2)cc1O. The third-order valence-electron chi connectivity index (χ3n) is 13.8. The molecule has 0 atom stereocenters. The lowest BCUT2D eigenvalue weighted by molar-refractivity contribution is -0.536. The minimum atomic E-state index is -1.75. The van der Waals surface area contributed by atoms with Crippen LogP contribution in [0.4, 0.5) is 34.1 Å². The Bertz CT molecular complexity index is 3080. The average Bonchev–Trinajstić information content (AvgIpc) is 3.42. The summed E-state index contributed by atoms with van der Waals surface area (Å²) < 4.78 is 0. The van der Waals surface area contributed by atoms with Gasteiger partial charge in [-0.2, -0.15) is 0 Å². The molecule has 0 radical (unpaired) electrons. The second kappa shape index (κ2) is 19.4. The summed E-state index contributed by atoms with van der Waals surface area (Å²) in [5, 5.41) is 77.0. The van der Waals surface area contributed by atoms with E-state index in [0.29, 0.717) is 11.4 Å². The van der Waals surface area contributed by atoms with E-state index in [-0.39, 0.29) is 11.1 Å². The van der Waals surface area contributed by atoms with Crippen LogP contribution in [0.2, 0.25) is 0 Å². The van der Waals surface area contributed by atoms with Crippen molar-refractivity contribution in [3.8, 4) is 67.5 Å². The number of phenols is 4. The molecular formula is C64H48N2O6-2. The van der Waals surface area contributed by atoms with Crippen molar-refractivity contribution in [2.75, 3.05) is 9.80 Å².